The highest BCUT2D eigenvalue weighted by Gasteiger charge is 2.32. The van der Waals surface area contributed by atoms with Crippen molar-refractivity contribution in [2.24, 2.45) is 5.92 Å². The molecule has 4 rings (SSSR count). The molecule has 2 aliphatic rings. The zero-order chi connectivity index (χ0) is 17.9. The lowest BCUT2D eigenvalue weighted by molar-refractivity contribution is 0.137. The topological polar surface area (TPSA) is 58.7 Å². The zero-order valence-corrected chi connectivity index (χ0v) is 15.4. The molecular weight excluding hydrogens is 328 g/mol. The lowest BCUT2D eigenvalue weighted by atomic mass is 10.0. The number of aliphatic hydroxyl groups is 1. The van der Waals surface area contributed by atoms with E-state index < -0.39 is 0 Å². The normalized spacial score (nSPS) is 24.4. The maximum absolute atomic E-state index is 10.5. The van der Waals surface area contributed by atoms with Gasteiger partial charge in [0.15, 0.2) is 0 Å². The number of nitrogens with zero attached hydrogens (tertiary/aromatic N) is 2. The number of ether oxygens (including phenoxy) is 1. The summed E-state index contributed by atoms with van der Waals surface area (Å²) in [6.45, 7) is 4.28. The molecule has 2 aromatic rings. The molecule has 1 saturated heterocycles. The van der Waals surface area contributed by atoms with Gasteiger partial charge in [0.1, 0.15) is 11.5 Å². The van der Waals surface area contributed by atoms with Gasteiger partial charge in [-0.25, -0.2) is 0 Å². The van der Waals surface area contributed by atoms with Crippen LogP contribution in [0.5, 0.6) is 5.75 Å². The first kappa shape index (κ1) is 17.6. The molecule has 0 spiro atoms. The van der Waals surface area contributed by atoms with E-state index in [9.17, 15) is 5.11 Å². The van der Waals surface area contributed by atoms with Gasteiger partial charge in [-0.3, -0.25) is 4.90 Å². The van der Waals surface area contributed by atoms with Gasteiger partial charge in [-0.15, -0.1) is 0 Å². The molecule has 26 heavy (non-hydrogen) atoms. The second kappa shape index (κ2) is 7.80. The number of hydrogen-bond donors (Lipinski definition) is 1. The first-order chi connectivity index (χ1) is 12.7. The van der Waals surface area contributed by atoms with Crippen LogP contribution in [0.2, 0.25) is 0 Å². The van der Waals surface area contributed by atoms with Crippen LogP contribution >= 0.6 is 0 Å². The molecule has 1 aromatic heterocycles. The number of likely N-dealkylation sites (tertiary alicyclic amines) is 1. The van der Waals surface area contributed by atoms with Crippen molar-refractivity contribution in [2.75, 3.05) is 13.1 Å². The molecule has 1 aliphatic heterocycles. The summed E-state index contributed by atoms with van der Waals surface area (Å²) in [6, 6.07) is 10.3. The van der Waals surface area contributed by atoms with Crippen LogP contribution < -0.4 is 4.74 Å². The molecule has 2 heterocycles. The van der Waals surface area contributed by atoms with Crippen LogP contribution in [0, 0.1) is 12.8 Å². The Bertz CT molecular complexity index is 724. The lowest BCUT2D eigenvalue weighted by Gasteiger charge is -2.20. The predicted molar refractivity (Wildman–Crippen MR) is 99.0 cm³/mol. The predicted octanol–water partition coefficient (Wildman–Crippen LogP) is 3.34. The summed E-state index contributed by atoms with van der Waals surface area (Å²) in [6.07, 6.45) is 5.64. The van der Waals surface area contributed by atoms with E-state index in [2.05, 4.69) is 28.3 Å². The van der Waals surface area contributed by atoms with Crippen LogP contribution in [0.1, 0.15) is 42.7 Å². The first-order valence-corrected chi connectivity index (χ1v) is 9.74. The average Bonchev–Trinajstić information content (AvgIpc) is 3.34. The minimum absolute atomic E-state index is 0.185. The average molecular weight is 356 g/mol. The molecule has 2 fully saturated rings. The second-order valence-electron chi connectivity index (χ2n) is 7.79. The van der Waals surface area contributed by atoms with Crippen LogP contribution in [0.15, 0.2) is 34.9 Å². The third-order valence-corrected chi connectivity index (χ3v) is 5.58. The molecule has 5 heteroatoms. The Labute approximate surface area is 154 Å². The van der Waals surface area contributed by atoms with Gasteiger partial charge in [-0.05, 0) is 38.7 Å². The molecule has 0 unspecified atom stereocenters. The van der Waals surface area contributed by atoms with Gasteiger partial charge >= 0.3 is 0 Å². The number of rotatable bonds is 6. The van der Waals surface area contributed by atoms with Crippen molar-refractivity contribution < 1.29 is 14.4 Å². The van der Waals surface area contributed by atoms with E-state index in [-0.39, 0.29) is 12.0 Å². The molecule has 1 aromatic carbocycles. The Kier molecular flexibility index (Phi) is 5.27. The van der Waals surface area contributed by atoms with Crippen LogP contribution in [-0.4, -0.2) is 40.5 Å². The molecule has 1 saturated carbocycles. The van der Waals surface area contributed by atoms with E-state index in [1.54, 1.807) is 0 Å². The van der Waals surface area contributed by atoms with Crippen molar-refractivity contribution in [1.29, 1.82) is 0 Å². The summed E-state index contributed by atoms with van der Waals surface area (Å²) in [5, 5.41) is 14.4. The highest BCUT2D eigenvalue weighted by molar-refractivity contribution is 5.33. The zero-order valence-electron chi connectivity index (χ0n) is 15.4. The second-order valence-corrected chi connectivity index (χ2v) is 7.79. The molecule has 2 atom stereocenters. The number of β-amino-alcohol motifs (C(OH)–C–C–N with tert-alkyl or cyclic N) is 1. The number of aromatic nitrogens is 1. The number of aliphatic hydroxyl groups excluding tert-OH is 1. The smallest absolute Gasteiger partial charge is 0.137 e. The van der Waals surface area contributed by atoms with E-state index in [4.69, 9.17) is 9.26 Å². The Hall–Kier alpha value is -1.85. The van der Waals surface area contributed by atoms with Crippen molar-refractivity contribution >= 4 is 0 Å². The highest BCUT2D eigenvalue weighted by Crippen LogP contribution is 2.29. The first-order valence-electron chi connectivity index (χ1n) is 9.74. The van der Waals surface area contributed by atoms with Crippen molar-refractivity contribution in [3.8, 4) is 5.75 Å². The Balaban J connectivity index is 1.38. The van der Waals surface area contributed by atoms with Crippen molar-refractivity contribution in [3.63, 3.8) is 0 Å². The summed E-state index contributed by atoms with van der Waals surface area (Å²) in [5.74, 6) is 2.05. The monoisotopic (exact) mass is 356 g/mol. The van der Waals surface area contributed by atoms with E-state index in [1.807, 2.05) is 19.1 Å². The number of benzene rings is 1. The van der Waals surface area contributed by atoms with Gasteiger partial charge in [0, 0.05) is 43.6 Å². The standard InChI is InChI=1S/C21H28N2O3/c1-15-10-19(26-22-15)11-17-13-23(14-20(17)24)12-16-6-2-5-9-21(16)25-18-7-3-4-8-18/h2,5-6,9-10,17-18,20,24H,3-4,7-8,11-14H2,1H3/t17-,20+/m1/s1. The molecule has 140 valence electrons. The Morgan fingerprint density at radius 1 is 1.23 bits per heavy atom. The largest absolute Gasteiger partial charge is 0.490 e. The summed E-state index contributed by atoms with van der Waals surface area (Å²) in [4.78, 5) is 2.31. The third-order valence-electron chi connectivity index (χ3n) is 5.58. The Morgan fingerprint density at radius 2 is 2.04 bits per heavy atom. The van der Waals surface area contributed by atoms with Crippen LogP contribution in [0.25, 0.3) is 0 Å². The minimum atomic E-state index is -0.330. The lowest BCUT2D eigenvalue weighted by Crippen LogP contribution is -2.22. The minimum Gasteiger partial charge on any atom is -0.490 e. The van der Waals surface area contributed by atoms with E-state index in [1.165, 1.54) is 18.4 Å². The molecule has 5 nitrogen and oxygen atoms in total. The van der Waals surface area contributed by atoms with Crippen molar-refractivity contribution in [2.45, 2.75) is 57.8 Å². The number of para-hydroxylation sites is 1. The van der Waals surface area contributed by atoms with Gasteiger partial charge in [0.2, 0.25) is 0 Å². The fourth-order valence-corrected chi connectivity index (χ4v) is 4.22. The van der Waals surface area contributed by atoms with Gasteiger partial charge < -0.3 is 14.4 Å². The maximum atomic E-state index is 10.5. The van der Waals surface area contributed by atoms with Gasteiger partial charge in [-0.2, -0.15) is 0 Å². The van der Waals surface area contributed by atoms with E-state index in [0.717, 1.165) is 49.6 Å². The third kappa shape index (κ3) is 4.10. The number of aryl methyl sites for hydroxylation is 1. The summed E-state index contributed by atoms with van der Waals surface area (Å²) >= 11 is 0. The molecule has 0 radical (unpaired) electrons. The molecule has 1 N–H and O–H groups in total. The summed E-state index contributed by atoms with van der Waals surface area (Å²) < 4.78 is 11.6. The SMILES string of the molecule is Cc1cc(C[C@@H]2CN(Cc3ccccc3OC3CCCC3)C[C@@H]2O)on1. The van der Waals surface area contributed by atoms with Crippen LogP contribution in [-0.2, 0) is 13.0 Å². The quantitative estimate of drug-likeness (QED) is 0.860. The van der Waals surface area contributed by atoms with Crippen LogP contribution in [0.4, 0.5) is 0 Å². The van der Waals surface area contributed by atoms with Gasteiger partial charge in [0.25, 0.3) is 0 Å². The summed E-state index contributed by atoms with van der Waals surface area (Å²) in [5.41, 5.74) is 2.10. The van der Waals surface area contributed by atoms with E-state index in [0.29, 0.717) is 12.6 Å². The fourth-order valence-electron chi connectivity index (χ4n) is 4.22. The summed E-state index contributed by atoms with van der Waals surface area (Å²) in [7, 11) is 0. The Morgan fingerprint density at radius 3 is 2.81 bits per heavy atom. The maximum Gasteiger partial charge on any atom is 0.137 e. The number of hydrogen-bond acceptors (Lipinski definition) is 5. The highest BCUT2D eigenvalue weighted by atomic mass is 16.5. The van der Waals surface area contributed by atoms with E-state index >= 15 is 0 Å². The van der Waals surface area contributed by atoms with Crippen molar-refractivity contribution in [1.82, 2.24) is 10.1 Å². The molecular formula is C21H28N2O3. The molecule has 0 bridgehead atoms. The van der Waals surface area contributed by atoms with Gasteiger partial charge in [-0.1, -0.05) is 23.4 Å². The molecule has 1 aliphatic carbocycles. The van der Waals surface area contributed by atoms with Crippen LogP contribution in [0.3, 0.4) is 0 Å². The molecule has 0 amide bonds. The van der Waals surface area contributed by atoms with Gasteiger partial charge in [0.05, 0.1) is 17.9 Å². The van der Waals surface area contributed by atoms with Crippen molar-refractivity contribution in [3.05, 3.63) is 47.3 Å². The fraction of sp³-hybridized carbons (Fsp3) is 0.571.